The van der Waals surface area contributed by atoms with Crippen LogP contribution in [0.1, 0.15) is 21.6 Å². The lowest BCUT2D eigenvalue weighted by Gasteiger charge is -2.19. The maximum atomic E-state index is 13.3. The van der Waals surface area contributed by atoms with Crippen molar-refractivity contribution in [1.29, 1.82) is 0 Å². The van der Waals surface area contributed by atoms with Crippen LogP contribution in [0.2, 0.25) is 5.02 Å². The number of aromatic nitrogens is 2. The molecule has 0 saturated heterocycles. The van der Waals surface area contributed by atoms with Gasteiger partial charge in [-0.25, -0.2) is 4.98 Å². The normalized spacial score (nSPS) is 10.9. The van der Waals surface area contributed by atoms with Crippen LogP contribution < -0.4 is 4.90 Å². The average molecular weight is 394 g/mol. The standard InChI is InChI=1S/C21H16ClN3OS/c1-14-6-4-7-15(12-14)20(26)25(13-16-8-2-3-11-23-16)21-24-19-17(22)9-5-10-18(19)27-21/h2-12H,13H2,1H3. The highest BCUT2D eigenvalue weighted by Gasteiger charge is 2.22. The van der Waals surface area contributed by atoms with Gasteiger partial charge in [0.25, 0.3) is 5.91 Å². The highest BCUT2D eigenvalue weighted by atomic mass is 35.5. The van der Waals surface area contributed by atoms with E-state index >= 15 is 0 Å². The van der Waals surface area contributed by atoms with Crippen LogP contribution in [0.15, 0.2) is 66.9 Å². The molecule has 1 amide bonds. The zero-order valence-electron chi connectivity index (χ0n) is 14.6. The number of halogens is 1. The third-order valence-electron chi connectivity index (χ3n) is 4.15. The largest absolute Gasteiger partial charge is 0.278 e. The molecule has 27 heavy (non-hydrogen) atoms. The van der Waals surface area contributed by atoms with Crippen molar-refractivity contribution < 1.29 is 4.79 Å². The Kier molecular flexibility index (Phi) is 4.88. The predicted molar refractivity (Wildman–Crippen MR) is 111 cm³/mol. The van der Waals surface area contributed by atoms with E-state index in [4.69, 9.17) is 11.6 Å². The Morgan fingerprint density at radius 2 is 1.96 bits per heavy atom. The minimum Gasteiger partial charge on any atom is -0.278 e. The van der Waals surface area contributed by atoms with E-state index in [9.17, 15) is 4.79 Å². The molecule has 6 heteroatoms. The topological polar surface area (TPSA) is 46.1 Å². The minimum absolute atomic E-state index is 0.112. The first-order valence-electron chi connectivity index (χ1n) is 8.45. The molecule has 0 radical (unpaired) electrons. The fraction of sp³-hybridized carbons (Fsp3) is 0.0952. The highest BCUT2D eigenvalue weighted by Crippen LogP contribution is 2.34. The quantitative estimate of drug-likeness (QED) is 0.460. The second-order valence-electron chi connectivity index (χ2n) is 6.16. The monoisotopic (exact) mass is 393 g/mol. The fourth-order valence-corrected chi connectivity index (χ4v) is 4.10. The summed E-state index contributed by atoms with van der Waals surface area (Å²) in [6, 6.07) is 18.9. The van der Waals surface area contributed by atoms with Gasteiger partial charge in [-0.3, -0.25) is 14.7 Å². The first-order valence-corrected chi connectivity index (χ1v) is 9.65. The van der Waals surface area contributed by atoms with Crippen LogP contribution in [0.5, 0.6) is 0 Å². The Labute approximate surface area is 166 Å². The Balaban J connectivity index is 1.79. The number of carbonyl (C=O) groups is 1. The molecule has 0 N–H and O–H groups in total. The van der Waals surface area contributed by atoms with Crippen LogP contribution in [0.3, 0.4) is 0 Å². The first kappa shape index (κ1) is 17.6. The predicted octanol–water partition coefficient (Wildman–Crippen LogP) is 5.50. The zero-order valence-corrected chi connectivity index (χ0v) is 16.2. The number of thiazole rings is 1. The molecule has 0 atom stereocenters. The summed E-state index contributed by atoms with van der Waals surface area (Å²) < 4.78 is 0.945. The molecule has 0 bridgehead atoms. The summed E-state index contributed by atoms with van der Waals surface area (Å²) in [5, 5.41) is 1.19. The Bertz CT molecular complexity index is 1110. The van der Waals surface area contributed by atoms with Crippen LogP contribution in [0, 0.1) is 6.92 Å². The van der Waals surface area contributed by atoms with E-state index in [-0.39, 0.29) is 5.91 Å². The number of rotatable bonds is 4. The molecular formula is C21H16ClN3OS. The molecule has 0 spiro atoms. The lowest BCUT2D eigenvalue weighted by atomic mass is 10.1. The van der Waals surface area contributed by atoms with Crippen molar-refractivity contribution in [2.45, 2.75) is 13.5 Å². The van der Waals surface area contributed by atoms with Crippen molar-refractivity contribution in [3.63, 3.8) is 0 Å². The van der Waals surface area contributed by atoms with Crippen molar-refractivity contribution in [3.8, 4) is 0 Å². The first-order chi connectivity index (χ1) is 13.1. The van der Waals surface area contributed by atoms with E-state index in [0.29, 0.717) is 27.8 Å². The smallest absolute Gasteiger partial charge is 0.260 e. The summed E-state index contributed by atoms with van der Waals surface area (Å²) >= 11 is 7.73. The number of amides is 1. The van der Waals surface area contributed by atoms with Gasteiger partial charge in [0.05, 0.1) is 22.0 Å². The van der Waals surface area contributed by atoms with E-state index in [1.807, 2.05) is 61.5 Å². The van der Waals surface area contributed by atoms with Crippen LogP contribution in [0.25, 0.3) is 10.2 Å². The fourth-order valence-electron chi connectivity index (χ4n) is 2.83. The van der Waals surface area contributed by atoms with Crippen molar-refractivity contribution in [3.05, 3.63) is 88.7 Å². The van der Waals surface area contributed by atoms with Crippen LogP contribution in [-0.4, -0.2) is 15.9 Å². The highest BCUT2D eigenvalue weighted by molar-refractivity contribution is 7.22. The molecule has 2 aromatic carbocycles. The summed E-state index contributed by atoms with van der Waals surface area (Å²) in [6.45, 7) is 2.31. The van der Waals surface area contributed by atoms with E-state index in [1.165, 1.54) is 11.3 Å². The molecule has 2 heterocycles. The number of pyridine rings is 1. The second kappa shape index (κ2) is 7.47. The lowest BCUT2D eigenvalue weighted by molar-refractivity contribution is 0.0984. The van der Waals surface area contributed by atoms with E-state index in [1.54, 1.807) is 17.2 Å². The number of para-hydroxylation sites is 1. The molecule has 0 fully saturated rings. The second-order valence-corrected chi connectivity index (χ2v) is 7.58. The van der Waals surface area contributed by atoms with Crippen molar-refractivity contribution >= 4 is 44.2 Å². The minimum atomic E-state index is -0.112. The van der Waals surface area contributed by atoms with Gasteiger partial charge >= 0.3 is 0 Å². The van der Waals surface area contributed by atoms with Gasteiger partial charge in [0.15, 0.2) is 5.13 Å². The zero-order chi connectivity index (χ0) is 18.8. The molecule has 0 aliphatic heterocycles. The van der Waals surface area contributed by atoms with Crippen LogP contribution in [0.4, 0.5) is 5.13 Å². The van der Waals surface area contributed by atoms with Gasteiger partial charge < -0.3 is 0 Å². The molecule has 0 saturated carbocycles. The third-order valence-corrected chi connectivity index (χ3v) is 5.49. The van der Waals surface area contributed by atoms with E-state index < -0.39 is 0 Å². The number of benzene rings is 2. The summed E-state index contributed by atoms with van der Waals surface area (Å²) in [4.78, 5) is 24.0. The average Bonchev–Trinajstić information content (AvgIpc) is 3.12. The number of aryl methyl sites for hydroxylation is 1. The Morgan fingerprint density at radius 3 is 2.70 bits per heavy atom. The van der Waals surface area contributed by atoms with Crippen molar-refractivity contribution in [2.75, 3.05) is 4.90 Å². The maximum absolute atomic E-state index is 13.3. The van der Waals surface area contributed by atoms with Crippen molar-refractivity contribution in [1.82, 2.24) is 9.97 Å². The molecule has 134 valence electrons. The third kappa shape index (κ3) is 3.70. The molecule has 0 aliphatic carbocycles. The number of fused-ring (bicyclic) bond motifs is 1. The molecule has 4 rings (SSSR count). The summed E-state index contributed by atoms with van der Waals surface area (Å²) in [6.07, 6.45) is 1.72. The SMILES string of the molecule is Cc1cccc(C(=O)N(Cc2ccccn2)c2nc3c(Cl)cccc3s2)c1. The molecule has 0 unspecified atom stereocenters. The van der Waals surface area contributed by atoms with Gasteiger partial charge in [0.1, 0.15) is 5.52 Å². The number of hydrogen-bond acceptors (Lipinski definition) is 4. The van der Waals surface area contributed by atoms with Gasteiger partial charge in [-0.15, -0.1) is 0 Å². The number of nitrogens with zero attached hydrogens (tertiary/aromatic N) is 3. The molecular weight excluding hydrogens is 378 g/mol. The van der Waals surface area contributed by atoms with E-state index in [2.05, 4.69) is 9.97 Å². The number of anilines is 1. The Morgan fingerprint density at radius 1 is 1.11 bits per heavy atom. The molecule has 4 nitrogen and oxygen atoms in total. The summed E-state index contributed by atoms with van der Waals surface area (Å²) in [7, 11) is 0. The lowest BCUT2D eigenvalue weighted by Crippen LogP contribution is -2.30. The van der Waals surface area contributed by atoms with Gasteiger partial charge in [-0.1, -0.05) is 52.8 Å². The maximum Gasteiger partial charge on any atom is 0.260 e. The van der Waals surface area contributed by atoms with Gasteiger partial charge in [-0.05, 0) is 43.3 Å². The molecule has 2 aromatic heterocycles. The summed E-state index contributed by atoms with van der Waals surface area (Å²) in [5.74, 6) is -0.112. The van der Waals surface area contributed by atoms with Gasteiger partial charge in [-0.2, -0.15) is 0 Å². The Hall–Kier alpha value is -2.76. The molecule has 4 aromatic rings. The van der Waals surface area contributed by atoms with Crippen LogP contribution in [-0.2, 0) is 6.54 Å². The van der Waals surface area contributed by atoms with Crippen molar-refractivity contribution in [2.24, 2.45) is 0 Å². The van der Waals surface area contributed by atoms with Gasteiger partial charge in [0, 0.05) is 11.8 Å². The summed E-state index contributed by atoms with van der Waals surface area (Å²) in [5.41, 5.74) is 3.16. The number of hydrogen-bond donors (Lipinski definition) is 0. The van der Waals surface area contributed by atoms with Crippen LogP contribution >= 0.6 is 22.9 Å². The molecule has 0 aliphatic rings. The number of carbonyl (C=O) groups excluding carboxylic acids is 1. The van der Waals surface area contributed by atoms with E-state index in [0.717, 1.165) is 16.0 Å². The van der Waals surface area contributed by atoms with Gasteiger partial charge in [0.2, 0.25) is 0 Å².